The third-order valence-corrected chi connectivity index (χ3v) is 1.51. The lowest BCUT2D eigenvalue weighted by Crippen LogP contribution is -2.38. The van der Waals surface area contributed by atoms with Gasteiger partial charge < -0.3 is 14.0 Å². The standard InChI is InChI=1S/C7H15BO3/c1-6(2)10-8-9-5-4-7(3)11-8/h6-7H,4-5H2,1-3H3. The quantitative estimate of drug-likeness (QED) is 0.565. The maximum absolute atomic E-state index is 5.35. The molecular weight excluding hydrogens is 143 g/mol. The van der Waals surface area contributed by atoms with Crippen molar-refractivity contribution in [1.82, 2.24) is 0 Å². The number of hydrogen-bond acceptors (Lipinski definition) is 3. The molecule has 64 valence electrons. The Hall–Kier alpha value is -0.0551. The van der Waals surface area contributed by atoms with E-state index in [1.807, 2.05) is 20.8 Å². The van der Waals surface area contributed by atoms with Crippen molar-refractivity contribution in [2.24, 2.45) is 0 Å². The molecule has 0 aliphatic carbocycles. The van der Waals surface area contributed by atoms with Crippen LogP contribution in [0.3, 0.4) is 0 Å². The fraction of sp³-hybridized carbons (Fsp3) is 1.00. The monoisotopic (exact) mass is 158 g/mol. The van der Waals surface area contributed by atoms with Crippen LogP contribution < -0.4 is 0 Å². The van der Waals surface area contributed by atoms with Crippen molar-refractivity contribution in [2.75, 3.05) is 6.61 Å². The van der Waals surface area contributed by atoms with Gasteiger partial charge in [0, 0.05) is 18.8 Å². The first-order valence-electron chi connectivity index (χ1n) is 4.11. The zero-order chi connectivity index (χ0) is 8.27. The van der Waals surface area contributed by atoms with Gasteiger partial charge in [-0.2, -0.15) is 0 Å². The first-order chi connectivity index (χ1) is 5.18. The van der Waals surface area contributed by atoms with Crippen molar-refractivity contribution in [3.8, 4) is 0 Å². The highest BCUT2D eigenvalue weighted by Crippen LogP contribution is 2.10. The summed E-state index contributed by atoms with van der Waals surface area (Å²) in [6, 6.07) is 0. The van der Waals surface area contributed by atoms with Crippen LogP contribution in [-0.2, 0) is 14.0 Å². The largest absolute Gasteiger partial charge is 0.639 e. The van der Waals surface area contributed by atoms with Crippen LogP contribution in [-0.4, -0.2) is 26.1 Å². The lowest BCUT2D eigenvalue weighted by atomic mass is 10.1. The summed E-state index contributed by atoms with van der Waals surface area (Å²) in [5.41, 5.74) is 0. The van der Waals surface area contributed by atoms with E-state index in [2.05, 4.69) is 0 Å². The molecule has 1 rings (SSSR count). The third-order valence-electron chi connectivity index (χ3n) is 1.51. The summed E-state index contributed by atoms with van der Waals surface area (Å²) in [6.45, 7) is 6.69. The summed E-state index contributed by atoms with van der Waals surface area (Å²) in [7, 11) is -0.446. The molecule has 0 N–H and O–H groups in total. The highest BCUT2D eigenvalue weighted by Gasteiger charge is 2.29. The second-order valence-electron chi connectivity index (χ2n) is 3.08. The zero-order valence-corrected chi connectivity index (χ0v) is 7.37. The number of rotatable bonds is 2. The third kappa shape index (κ3) is 3.23. The molecule has 1 aliphatic heterocycles. The van der Waals surface area contributed by atoms with E-state index in [1.165, 1.54) is 0 Å². The van der Waals surface area contributed by atoms with Gasteiger partial charge in [0.1, 0.15) is 0 Å². The van der Waals surface area contributed by atoms with E-state index >= 15 is 0 Å². The molecule has 0 aromatic carbocycles. The van der Waals surface area contributed by atoms with Crippen LogP contribution in [0, 0.1) is 0 Å². The van der Waals surface area contributed by atoms with E-state index < -0.39 is 7.32 Å². The second-order valence-corrected chi connectivity index (χ2v) is 3.08. The summed E-state index contributed by atoms with van der Waals surface area (Å²) in [5.74, 6) is 0. The first-order valence-corrected chi connectivity index (χ1v) is 4.11. The Morgan fingerprint density at radius 1 is 1.55 bits per heavy atom. The van der Waals surface area contributed by atoms with Crippen LogP contribution in [0.2, 0.25) is 0 Å². The molecule has 1 aliphatic rings. The van der Waals surface area contributed by atoms with Crippen molar-refractivity contribution < 1.29 is 14.0 Å². The fourth-order valence-corrected chi connectivity index (χ4v) is 0.921. The van der Waals surface area contributed by atoms with Gasteiger partial charge in [-0.25, -0.2) is 0 Å². The summed E-state index contributed by atoms with van der Waals surface area (Å²) in [6.07, 6.45) is 1.37. The SMILES string of the molecule is CC(C)OB1OCCC(C)O1. The predicted octanol–water partition coefficient (Wildman–Crippen LogP) is 1.22. The summed E-state index contributed by atoms with van der Waals surface area (Å²) >= 11 is 0. The fourth-order valence-electron chi connectivity index (χ4n) is 0.921. The van der Waals surface area contributed by atoms with Gasteiger partial charge >= 0.3 is 7.32 Å². The van der Waals surface area contributed by atoms with E-state index in [1.54, 1.807) is 0 Å². The Morgan fingerprint density at radius 2 is 2.27 bits per heavy atom. The Morgan fingerprint density at radius 3 is 2.82 bits per heavy atom. The topological polar surface area (TPSA) is 27.7 Å². The minimum atomic E-state index is -0.446. The molecular formula is C7H15BO3. The van der Waals surface area contributed by atoms with Gasteiger partial charge in [-0.05, 0) is 27.2 Å². The van der Waals surface area contributed by atoms with Crippen LogP contribution in [0.1, 0.15) is 27.2 Å². The summed E-state index contributed by atoms with van der Waals surface area (Å²) in [5, 5.41) is 0. The maximum Gasteiger partial charge on any atom is 0.639 e. The van der Waals surface area contributed by atoms with Crippen LogP contribution in [0.4, 0.5) is 0 Å². The first kappa shape index (κ1) is 9.04. The van der Waals surface area contributed by atoms with Gasteiger partial charge in [0.25, 0.3) is 0 Å². The smallest absolute Gasteiger partial charge is 0.386 e. The molecule has 0 aromatic rings. The lowest BCUT2D eigenvalue weighted by molar-refractivity contribution is 0.00214. The van der Waals surface area contributed by atoms with Crippen LogP contribution >= 0.6 is 0 Å². The van der Waals surface area contributed by atoms with E-state index in [0.717, 1.165) is 13.0 Å². The molecule has 1 atom stereocenters. The molecule has 3 nitrogen and oxygen atoms in total. The molecule has 1 unspecified atom stereocenters. The van der Waals surface area contributed by atoms with Crippen molar-refractivity contribution in [3.63, 3.8) is 0 Å². The molecule has 1 heterocycles. The Balaban J connectivity index is 2.23. The van der Waals surface area contributed by atoms with Gasteiger partial charge in [-0.15, -0.1) is 0 Å². The molecule has 1 saturated heterocycles. The van der Waals surface area contributed by atoms with Crippen molar-refractivity contribution in [2.45, 2.75) is 39.4 Å². The highest BCUT2D eigenvalue weighted by atomic mass is 16.7. The highest BCUT2D eigenvalue weighted by molar-refractivity contribution is 6.36. The molecule has 11 heavy (non-hydrogen) atoms. The minimum Gasteiger partial charge on any atom is -0.386 e. The molecule has 4 heteroatoms. The molecule has 0 aromatic heterocycles. The zero-order valence-electron chi connectivity index (χ0n) is 7.37. The Kier molecular flexibility index (Phi) is 3.36. The Labute approximate surface area is 68.2 Å². The molecule has 0 bridgehead atoms. The molecule has 0 spiro atoms. The number of hydrogen-bond donors (Lipinski definition) is 0. The Bertz CT molecular complexity index is 116. The van der Waals surface area contributed by atoms with Crippen molar-refractivity contribution in [3.05, 3.63) is 0 Å². The van der Waals surface area contributed by atoms with Gasteiger partial charge in [0.15, 0.2) is 0 Å². The van der Waals surface area contributed by atoms with Crippen LogP contribution in [0.5, 0.6) is 0 Å². The average molecular weight is 158 g/mol. The minimum absolute atomic E-state index is 0.158. The summed E-state index contributed by atoms with van der Waals surface area (Å²) < 4.78 is 15.9. The normalized spacial score (nSPS) is 26.2. The molecule has 1 fully saturated rings. The molecule has 0 radical (unpaired) electrons. The van der Waals surface area contributed by atoms with Crippen LogP contribution in [0.15, 0.2) is 0 Å². The van der Waals surface area contributed by atoms with E-state index in [0.29, 0.717) is 0 Å². The molecule has 0 saturated carbocycles. The molecule has 0 amide bonds. The van der Waals surface area contributed by atoms with E-state index in [9.17, 15) is 0 Å². The van der Waals surface area contributed by atoms with Gasteiger partial charge in [0.05, 0.1) is 0 Å². The predicted molar refractivity (Wildman–Crippen MR) is 43.1 cm³/mol. The van der Waals surface area contributed by atoms with Crippen LogP contribution in [0.25, 0.3) is 0 Å². The van der Waals surface area contributed by atoms with Crippen molar-refractivity contribution in [1.29, 1.82) is 0 Å². The lowest BCUT2D eigenvalue weighted by Gasteiger charge is -2.25. The second kappa shape index (κ2) is 4.09. The van der Waals surface area contributed by atoms with Crippen molar-refractivity contribution >= 4 is 7.32 Å². The van der Waals surface area contributed by atoms with E-state index in [4.69, 9.17) is 14.0 Å². The maximum atomic E-state index is 5.35. The van der Waals surface area contributed by atoms with Gasteiger partial charge in [0.2, 0.25) is 0 Å². The van der Waals surface area contributed by atoms with Gasteiger partial charge in [-0.3, -0.25) is 0 Å². The summed E-state index contributed by atoms with van der Waals surface area (Å²) in [4.78, 5) is 0. The van der Waals surface area contributed by atoms with E-state index in [-0.39, 0.29) is 12.2 Å². The average Bonchev–Trinajstić information content (AvgIpc) is 1.85. The van der Waals surface area contributed by atoms with Gasteiger partial charge in [-0.1, -0.05) is 0 Å².